The molecule has 1 aromatic carbocycles. The van der Waals surface area contributed by atoms with E-state index in [9.17, 15) is 9.59 Å². The standard InChI is InChI=1S/C18H19ClN2O2/c1-10-3-5-15-12(7-10)9-13(17(22)20-15)18(23)21-16-6-4-11(2)8-14(16)19/h4,6,8-10H,3,5,7H2,1-2H3,(H,20,22)(H,21,23)/t10-/m1/s1. The maximum atomic E-state index is 12.4. The van der Waals surface area contributed by atoms with Crippen LogP contribution in [-0.4, -0.2) is 10.9 Å². The van der Waals surface area contributed by atoms with Gasteiger partial charge in [0.1, 0.15) is 5.56 Å². The Bertz CT molecular complexity index is 826. The maximum Gasteiger partial charge on any atom is 0.261 e. The van der Waals surface area contributed by atoms with E-state index in [4.69, 9.17) is 11.6 Å². The highest BCUT2D eigenvalue weighted by Gasteiger charge is 2.20. The Morgan fingerprint density at radius 3 is 2.87 bits per heavy atom. The predicted octanol–water partition coefficient (Wildman–Crippen LogP) is 3.71. The first-order valence-corrected chi connectivity index (χ1v) is 8.14. The number of aromatic nitrogens is 1. The monoisotopic (exact) mass is 330 g/mol. The van der Waals surface area contributed by atoms with Crippen LogP contribution in [0.4, 0.5) is 5.69 Å². The highest BCUT2D eigenvalue weighted by atomic mass is 35.5. The van der Waals surface area contributed by atoms with Gasteiger partial charge in [0.2, 0.25) is 0 Å². The van der Waals surface area contributed by atoms with E-state index < -0.39 is 5.91 Å². The summed E-state index contributed by atoms with van der Waals surface area (Å²) in [6.45, 7) is 4.10. The number of hydrogen-bond donors (Lipinski definition) is 2. The smallest absolute Gasteiger partial charge is 0.261 e. The molecule has 120 valence electrons. The Kier molecular flexibility index (Phi) is 4.26. The van der Waals surface area contributed by atoms with Gasteiger partial charge in [-0.2, -0.15) is 0 Å². The predicted molar refractivity (Wildman–Crippen MR) is 92.4 cm³/mol. The molecule has 0 bridgehead atoms. The van der Waals surface area contributed by atoms with Gasteiger partial charge < -0.3 is 10.3 Å². The number of amides is 1. The van der Waals surface area contributed by atoms with E-state index in [-0.39, 0.29) is 11.1 Å². The lowest BCUT2D eigenvalue weighted by Gasteiger charge is -2.21. The van der Waals surface area contributed by atoms with E-state index in [0.29, 0.717) is 16.6 Å². The zero-order valence-electron chi connectivity index (χ0n) is 13.2. The van der Waals surface area contributed by atoms with Gasteiger partial charge in [0.05, 0.1) is 10.7 Å². The van der Waals surface area contributed by atoms with Crippen LogP contribution in [0.1, 0.15) is 40.5 Å². The van der Waals surface area contributed by atoms with Crippen LogP contribution in [-0.2, 0) is 12.8 Å². The number of benzene rings is 1. The highest BCUT2D eigenvalue weighted by Crippen LogP contribution is 2.25. The zero-order chi connectivity index (χ0) is 16.6. The fraction of sp³-hybridized carbons (Fsp3) is 0.333. The summed E-state index contributed by atoms with van der Waals surface area (Å²) in [6, 6.07) is 7.10. The molecule has 1 heterocycles. The number of fused-ring (bicyclic) bond motifs is 1. The number of H-pyrrole nitrogens is 1. The van der Waals surface area contributed by atoms with Crippen LogP contribution in [0.25, 0.3) is 0 Å². The molecule has 5 heteroatoms. The zero-order valence-corrected chi connectivity index (χ0v) is 14.0. The van der Waals surface area contributed by atoms with Gasteiger partial charge in [-0.25, -0.2) is 0 Å². The fourth-order valence-electron chi connectivity index (χ4n) is 2.96. The van der Waals surface area contributed by atoms with E-state index in [2.05, 4.69) is 17.2 Å². The summed E-state index contributed by atoms with van der Waals surface area (Å²) in [7, 11) is 0. The molecule has 1 aliphatic rings. The highest BCUT2D eigenvalue weighted by molar-refractivity contribution is 6.34. The number of halogens is 1. The van der Waals surface area contributed by atoms with E-state index >= 15 is 0 Å². The van der Waals surface area contributed by atoms with Crippen LogP contribution >= 0.6 is 11.6 Å². The summed E-state index contributed by atoms with van der Waals surface area (Å²) in [5.41, 5.74) is 3.32. The van der Waals surface area contributed by atoms with Crippen LogP contribution in [0.5, 0.6) is 0 Å². The number of aryl methyl sites for hydroxylation is 2. The van der Waals surface area contributed by atoms with Crippen molar-refractivity contribution >= 4 is 23.2 Å². The van der Waals surface area contributed by atoms with Gasteiger partial charge in [-0.05, 0) is 61.4 Å². The van der Waals surface area contributed by atoms with Crippen molar-refractivity contribution in [3.8, 4) is 0 Å². The molecule has 0 radical (unpaired) electrons. The second-order valence-corrected chi connectivity index (χ2v) is 6.71. The van der Waals surface area contributed by atoms with E-state index in [0.717, 1.165) is 36.1 Å². The van der Waals surface area contributed by atoms with Crippen molar-refractivity contribution in [3.05, 3.63) is 62.0 Å². The molecule has 0 unspecified atom stereocenters. The van der Waals surface area contributed by atoms with Crippen molar-refractivity contribution in [1.29, 1.82) is 0 Å². The summed E-state index contributed by atoms with van der Waals surface area (Å²) < 4.78 is 0. The number of rotatable bonds is 2. The maximum absolute atomic E-state index is 12.4. The Morgan fingerprint density at radius 1 is 1.35 bits per heavy atom. The van der Waals surface area contributed by atoms with E-state index in [1.54, 1.807) is 18.2 Å². The van der Waals surface area contributed by atoms with Crippen molar-refractivity contribution in [2.24, 2.45) is 5.92 Å². The summed E-state index contributed by atoms with van der Waals surface area (Å²) in [4.78, 5) is 27.5. The van der Waals surface area contributed by atoms with Crippen molar-refractivity contribution < 1.29 is 4.79 Å². The quantitative estimate of drug-likeness (QED) is 0.881. The SMILES string of the molecule is Cc1ccc(NC(=O)c2cc3c([nH]c2=O)CC[C@@H](C)C3)c(Cl)c1. The van der Waals surface area contributed by atoms with Gasteiger partial charge in [0, 0.05) is 5.69 Å². The van der Waals surface area contributed by atoms with Gasteiger partial charge in [0.15, 0.2) is 0 Å². The molecule has 23 heavy (non-hydrogen) atoms. The lowest BCUT2D eigenvalue weighted by molar-refractivity contribution is 0.102. The molecule has 2 aromatic rings. The molecule has 0 aliphatic heterocycles. The summed E-state index contributed by atoms with van der Waals surface area (Å²) in [6.07, 6.45) is 2.81. The number of carbonyl (C=O) groups excluding carboxylic acids is 1. The Balaban J connectivity index is 1.90. The lowest BCUT2D eigenvalue weighted by atomic mass is 9.87. The third-order valence-electron chi connectivity index (χ3n) is 4.29. The molecule has 3 rings (SSSR count). The minimum atomic E-state index is -0.432. The Morgan fingerprint density at radius 2 is 2.13 bits per heavy atom. The van der Waals surface area contributed by atoms with Gasteiger partial charge in [0.25, 0.3) is 11.5 Å². The van der Waals surface area contributed by atoms with Crippen molar-refractivity contribution in [2.45, 2.75) is 33.1 Å². The number of nitrogens with one attached hydrogen (secondary N) is 2. The molecule has 0 saturated carbocycles. The first kappa shape index (κ1) is 15.8. The molecular weight excluding hydrogens is 312 g/mol. The lowest BCUT2D eigenvalue weighted by Crippen LogP contribution is -2.27. The minimum Gasteiger partial charge on any atom is -0.325 e. The van der Waals surface area contributed by atoms with Crippen LogP contribution in [0.3, 0.4) is 0 Å². The van der Waals surface area contributed by atoms with Crippen molar-refractivity contribution in [3.63, 3.8) is 0 Å². The summed E-state index contributed by atoms with van der Waals surface area (Å²) in [5, 5.41) is 3.18. The molecule has 4 nitrogen and oxygen atoms in total. The molecule has 1 aromatic heterocycles. The number of hydrogen-bond acceptors (Lipinski definition) is 2. The fourth-order valence-corrected chi connectivity index (χ4v) is 3.25. The normalized spacial score (nSPS) is 16.7. The van der Waals surface area contributed by atoms with Crippen molar-refractivity contribution in [2.75, 3.05) is 5.32 Å². The third kappa shape index (κ3) is 3.32. The van der Waals surface area contributed by atoms with E-state index in [1.807, 2.05) is 13.0 Å². The van der Waals surface area contributed by atoms with Crippen LogP contribution in [0.2, 0.25) is 5.02 Å². The number of carbonyl (C=O) groups is 1. The summed E-state index contributed by atoms with van der Waals surface area (Å²) >= 11 is 6.13. The largest absolute Gasteiger partial charge is 0.325 e. The van der Waals surface area contributed by atoms with Gasteiger partial charge in [-0.3, -0.25) is 9.59 Å². The number of pyridine rings is 1. The van der Waals surface area contributed by atoms with Gasteiger partial charge in [-0.15, -0.1) is 0 Å². The first-order valence-electron chi connectivity index (χ1n) is 7.76. The number of aromatic amines is 1. The van der Waals surface area contributed by atoms with Crippen LogP contribution < -0.4 is 10.9 Å². The van der Waals surface area contributed by atoms with Gasteiger partial charge >= 0.3 is 0 Å². The minimum absolute atomic E-state index is 0.134. The van der Waals surface area contributed by atoms with Gasteiger partial charge in [-0.1, -0.05) is 24.6 Å². The van der Waals surface area contributed by atoms with Crippen molar-refractivity contribution in [1.82, 2.24) is 4.98 Å². The number of anilines is 1. The molecule has 0 saturated heterocycles. The molecule has 1 aliphatic carbocycles. The van der Waals surface area contributed by atoms with Crippen LogP contribution in [0, 0.1) is 12.8 Å². The average molecular weight is 331 g/mol. The second kappa shape index (κ2) is 6.20. The molecule has 0 fully saturated rings. The molecular formula is C18H19ClN2O2. The Hall–Kier alpha value is -2.07. The molecule has 1 amide bonds. The first-order chi connectivity index (χ1) is 10.9. The molecule has 2 N–H and O–H groups in total. The third-order valence-corrected chi connectivity index (χ3v) is 4.60. The van der Waals surface area contributed by atoms with Crippen LogP contribution in [0.15, 0.2) is 29.1 Å². The molecule has 1 atom stereocenters. The molecule has 0 spiro atoms. The second-order valence-electron chi connectivity index (χ2n) is 6.30. The average Bonchev–Trinajstić information content (AvgIpc) is 2.49. The topological polar surface area (TPSA) is 62.0 Å². The Labute approximate surface area is 139 Å². The summed E-state index contributed by atoms with van der Waals surface area (Å²) in [5.74, 6) is 0.133. The van der Waals surface area contributed by atoms with E-state index in [1.165, 1.54) is 0 Å².